The lowest BCUT2D eigenvalue weighted by molar-refractivity contribution is -0.394. The van der Waals surface area contributed by atoms with Crippen LogP contribution in [0.3, 0.4) is 0 Å². The van der Waals surface area contributed by atoms with Gasteiger partial charge in [-0.1, -0.05) is 35.6 Å². The third-order valence-electron chi connectivity index (χ3n) is 7.15. The van der Waals surface area contributed by atoms with Crippen molar-refractivity contribution in [1.29, 1.82) is 0 Å². The minimum atomic E-state index is -0.875. The van der Waals surface area contributed by atoms with Crippen molar-refractivity contribution < 1.29 is 33.6 Å². The second kappa shape index (κ2) is 13.9. The zero-order valence-electron chi connectivity index (χ0n) is 26.5. The van der Waals surface area contributed by atoms with Gasteiger partial charge in [0.15, 0.2) is 16.3 Å². The Kier molecular flexibility index (Phi) is 9.70. The van der Waals surface area contributed by atoms with Crippen molar-refractivity contribution >= 4 is 34.8 Å². The van der Waals surface area contributed by atoms with E-state index in [1.54, 1.807) is 50.3 Å². The van der Waals surface area contributed by atoms with Gasteiger partial charge in [0.25, 0.3) is 11.2 Å². The lowest BCUT2D eigenvalue weighted by atomic mass is 9.95. The normalized spacial score (nSPS) is 14.3. The van der Waals surface area contributed by atoms with Crippen LogP contribution in [0.25, 0.3) is 6.08 Å². The molecule has 248 valence electrons. The molecule has 4 aromatic rings. The van der Waals surface area contributed by atoms with E-state index >= 15 is 0 Å². The van der Waals surface area contributed by atoms with Crippen molar-refractivity contribution in [1.82, 2.24) is 4.57 Å². The van der Waals surface area contributed by atoms with Gasteiger partial charge in [-0.15, -0.1) is 0 Å². The molecule has 0 saturated carbocycles. The van der Waals surface area contributed by atoms with Crippen LogP contribution >= 0.6 is 11.3 Å². The number of fused-ring (bicyclic) bond motifs is 1. The number of carbonyl (C=O) groups is 1. The molecule has 0 unspecified atom stereocenters. The summed E-state index contributed by atoms with van der Waals surface area (Å²) >= 11 is 1.13. The number of ether oxygens (including phenoxy) is 4. The number of para-hydroxylation sites is 1. The number of aromatic nitrogens is 1. The van der Waals surface area contributed by atoms with Crippen molar-refractivity contribution in [2.45, 2.75) is 39.8 Å². The number of esters is 1. The van der Waals surface area contributed by atoms with Crippen molar-refractivity contribution in [2.75, 3.05) is 13.7 Å². The summed E-state index contributed by atoms with van der Waals surface area (Å²) in [4.78, 5) is 53.6. The summed E-state index contributed by atoms with van der Waals surface area (Å²) in [5.41, 5.74) is 0.305. The number of benzene rings is 3. The monoisotopic (exact) mass is 674 g/mol. The van der Waals surface area contributed by atoms with Crippen molar-refractivity contribution in [2.24, 2.45) is 4.99 Å². The lowest BCUT2D eigenvalue weighted by Gasteiger charge is -2.26. The van der Waals surface area contributed by atoms with Crippen LogP contribution in [0.2, 0.25) is 0 Å². The Morgan fingerprint density at radius 2 is 1.75 bits per heavy atom. The Labute approximate surface area is 277 Å². The Morgan fingerprint density at radius 3 is 2.42 bits per heavy atom. The predicted molar refractivity (Wildman–Crippen MR) is 175 cm³/mol. The van der Waals surface area contributed by atoms with E-state index in [-0.39, 0.29) is 35.5 Å². The van der Waals surface area contributed by atoms with Gasteiger partial charge in [0.1, 0.15) is 11.8 Å². The topological polar surface area (TPSA) is 175 Å². The predicted octanol–water partition coefficient (Wildman–Crippen LogP) is 5.20. The maximum atomic E-state index is 14.1. The molecule has 0 N–H and O–H groups in total. The Balaban J connectivity index is 1.60. The van der Waals surface area contributed by atoms with Gasteiger partial charge in [-0.3, -0.25) is 29.6 Å². The van der Waals surface area contributed by atoms with Crippen LogP contribution in [0.1, 0.15) is 44.9 Å². The molecule has 0 saturated heterocycles. The first kappa shape index (κ1) is 33.5. The Morgan fingerprint density at radius 1 is 1.02 bits per heavy atom. The van der Waals surface area contributed by atoms with E-state index in [0.29, 0.717) is 31.9 Å². The number of hydrogen-bond acceptors (Lipinski definition) is 12. The molecule has 5 rings (SSSR count). The van der Waals surface area contributed by atoms with Crippen molar-refractivity contribution in [3.05, 3.63) is 123 Å². The van der Waals surface area contributed by atoms with Crippen LogP contribution in [0, 0.1) is 20.2 Å². The number of methoxy groups -OCH3 is 1. The number of non-ortho nitro benzene ring substituents is 1. The molecule has 1 atom stereocenters. The minimum absolute atomic E-state index is 0.101. The first-order chi connectivity index (χ1) is 22.9. The molecule has 48 heavy (non-hydrogen) atoms. The van der Waals surface area contributed by atoms with Crippen molar-refractivity contribution in [3.8, 4) is 23.0 Å². The molecule has 2 heterocycles. The number of allylic oxidation sites excluding steroid dienone is 1. The molecule has 1 aliphatic heterocycles. The summed E-state index contributed by atoms with van der Waals surface area (Å²) in [5, 5.41) is 22.7. The first-order valence-corrected chi connectivity index (χ1v) is 15.5. The van der Waals surface area contributed by atoms with E-state index in [0.717, 1.165) is 29.5 Å². The lowest BCUT2D eigenvalue weighted by Crippen LogP contribution is -2.40. The fourth-order valence-electron chi connectivity index (χ4n) is 5.13. The summed E-state index contributed by atoms with van der Waals surface area (Å²) in [6, 6.07) is 14.1. The summed E-state index contributed by atoms with van der Waals surface area (Å²) in [5.74, 6) is -0.0191. The highest BCUT2D eigenvalue weighted by Gasteiger charge is 2.35. The molecule has 15 heteroatoms. The first-order valence-electron chi connectivity index (χ1n) is 14.7. The molecule has 1 aliphatic rings. The van der Waals surface area contributed by atoms with Crippen LogP contribution in [-0.2, 0) is 9.53 Å². The van der Waals surface area contributed by atoms with E-state index in [2.05, 4.69) is 4.99 Å². The SMILES string of the molecule is CCOC(=O)C1=C(C)N=c2s/c(=C/c3ccc(Oc4ccc([N+](=O)[O-])cc4[N+](=O)[O-])c(OC)c3)c(=O)n2[C@H]1c1ccccc1OC(C)C. The molecular weight excluding hydrogens is 644 g/mol. The number of nitro groups is 2. The minimum Gasteiger partial charge on any atom is -0.493 e. The van der Waals surface area contributed by atoms with Gasteiger partial charge in [0.05, 0.1) is 51.5 Å². The maximum Gasteiger partial charge on any atom is 0.338 e. The molecule has 14 nitrogen and oxygen atoms in total. The molecule has 0 fully saturated rings. The fraction of sp³-hybridized carbons (Fsp3) is 0.242. The van der Waals surface area contributed by atoms with Gasteiger partial charge in [-0.05, 0) is 63.6 Å². The standard InChI is InChI=1S/C33H30N4O10S/c1-6-45-32(39)29-19(4)34-33-35(30(29)22-9-7-8-10-24(22)46-18(2)3)31(38)28(48-33)16-20-11-13-26(27(15-20)44-5)47-25-14-12-21(36(40)41)17-23(25)37(42)43/h7-18,30H,6H2,1-5H3/b28-16+/t30-/m0/s1. The van der Waals surface area contributed by atoms with Gasteiger partial charge >= 0.3 is 11.7 Å². The third-order valence-corrected chi connectivity index (χ3v) is 8.13. The van der Waals surface area contributed by atoms with Crippen LogP contribution in [0.5, 0.6) is 23.0 Å². The molecule has 0 radical (unpaired) electrons. The smallest absolute Gasteiger partial charge is 0.338 e. The summed E-state index contributed by atoms with van der Waals surface area (Å²) in [6.45, 7) is 7.30. The molecule has 0 spiro atoms. The molecule has 0 amide bonds. The van der Waals surface area contributed by atoms with E-state index in [1.165, 1.54) is 17.7 Å². The second-order valence-corrected chi connectivity index (χ2v) is 11.7. The van der Waals surface area contributed by atoms with Gasteiger partial charge in [-0.2, -0.15) is 0 Å². The Bertz CT molecular complexity index is 2150. The highest BCUT2D eigenvalue weighted by Crippen LogP contribution is 2.39. The molecule has 0 bridgehead atoms. The number of nitro benzene ring substituents is 2. The fourth-order valence-corrected chi connectivity index (χ4v) is 6.18. The van der Waals surface area contributed by atoms with E-state index in [1.807, 2.05) is 19.9 Å². The van der Waals surface area contributed by atoms with Crippen LogP contribution < -0.4 is 29.1 Å². The number of nitrogens with zero attached hydrogens (tertiary/aromatic N) is 4. The van der Waals surface area contributed by atoms with Crippen LogP contribution in [0.4, 0.5) is 11.4 Å². The highest BCUT2D eigenvalue weighted by atomic mass is 32.1. The number of hydrogen-bond donors (Lipinski definition) is 0. The number of thiazole rings is 1. The van der Waals surface area contributed by atoms with Gasteiger partial charge in [0, 0.05) is 11.6 Å². The van der Waals surface area contributed by atoms with Crippen LogP contribution in [0.15, 0.2) is 81.7 Å². The zero-order valence-corrected chi connectivity index (χ0v) is 27.3. The quantitative estimate of drug-likeness (QED) is 0.117. The summed E-state index contributed by atoms with van der Waals surface area (Å²) in [7, 11) is 1.38. The van der Waals surface area contributed by atoms with Gasteiger partial charge in [-0.25, -0.2) is 9.79 Å². The number of rotatable bonds is 11. The van der Waals surface area contributed by atoms with Gasteiger partial charge in [0.2, 0.25) is 5.75 Å². The van der Waals surface area contributed by atoms with E-state index in [9.17, 15) is 29.8 Å². The van der Waals surface area contributed by atoms with Gasteiger partial charge < -0.3 is 18.9 Å². The zero-order chi connectivity index (χ0) is 34.7. The average Bonchev–Trinajstić information content (AvgIpc) is 3.34. The molecule has 3 aromatic carbocycles. The molecule has 0 aliphatic carbocycles. The van der Waals surface area contributed by atoms with Crippen LogP contribution in [-0.4, -0.2) is 40.2 Å². The van der Waals surface area contributed by atoms with E-state index < -0.39 is 38.8 Å². The van der Waals surface area contributed by atoms with E-state index in [4.69, 9.17) is 18.9 Å². The van der Waals surface area contributed by atoms with Crippen molar-refractivity contribution in [3.63, 3.8) is 0 Å². The molecular formula is C33H30N4O10S. The largest absolute Gasteiger partial charge is 0.493 e. The molecule has 1 aromatic heterocycles. The summed E-state index contributed by atoms with van der Waals surface area (Å²) in [6.07, 6.45) is 1.45. The summed E-state index contributed by atoms with van der Waals surface area (Å²) < 4.78 is 24.5. The number of carbonyl (C=O) groups excluding carboxylic acids is 1. The second-order valence-electron chi connectivity index (χ2n) is 10.7. The third kappa shape index (κ3) is 6.66. The highest BCUT2D eigenvalue weighted by molar-refractivity contribution is 7.07. The maximum absolute atomic E-state index is 14.1. The average molecular weight is 675 g/mol. The Hall–Kier alpha value is -5.83.